The zero-order valence-electron chi connectivity index (χ0n) is 18.7. The zero-order chi connectivity index (χ0) is 23.6. The highest BCUT2D eigenvalue weighted by atomic mass is 32.2. The summed E-state index contributed by atoms with van der Waals surface area (Å²) < 4.78 is 33.2. The number of thioether (sulfide) groups is 1. The highest BCUT2D eigenvalue weighted by Gasteiger charge is 2.31. The van der Waals surface area contributed by atoms with E-state index in [1.54, 1.807) is 11.8 Å². The normalized spacial score (nSPS) is 19.4. The van der Waals surface area contributed by atoms with Crippen LogP contribution < -0.4 is 5.32 Å². The number of amides is 1. The van der Waals surface area contributed by atoms with Gasteiger partial charge in [-0.25, -0.2) is 8.42 Å². The summed E-state index contributed by atoms with van der Waals surface area (Å²) in [7, 11) is -3.60. The fourth-order valence-electron chi connectivity index (χ4n) is 4.10. The molecule has 1 fully saturated rings. The quantitative estimate of drug-likeness (QED) is 0.516. The summed E-state index contributed by atoms with van der Waals surface area (Å²) in [4.78, 5) is 13.8. The molecule has 0 spiro atoms. The second-order valence-corrected chi connectivity index (χ2v) is 11.1. The Bertz CT molecular complexity index is 1230. The van der Waals surface area contributed by atoms with Crippen LogP contribution in [0.4, 0.5) is 6.01 Å². The van der Waals surface area contributed by atoms with Gasteiger partial charge in [0.05, 0.1) is 10.5 Å². The number of piperidine rings is 1. The van der Waals surface area contributed by atoms with Crippen LogP contribution >= 0.6 is 11.8 Å². The number of rotatable bonds is 6. The number of nitrogens with zero attached hydrogens (tertiary/aromatic N) is 3. The first kappa shape index (κ1) is 23.5. The Labute approximate surface area is 197 Å². The molecule has 1 N–H and O–H groups in total. The van der Waals surface area contributed by atoms with Gasteiger partial charge in [-0.3, -0.25) is 10.1 Å². The van der Waals surface area contributed by atoms with Gasteiger partial charge in [-0.15, -0.1) is 16.9 Å². The summed E-state index contributed by atoms with van der Waals surface area (Å²) in [5.41, 5.74) is 1.08. The van der Waals surface area contributed by atoms with Crippen molar-refractivity contribution in [1.29, 1.82) is 0 Å². The Kier molecular flexibility index (Phi) is 6.87. The monoisotopic (exact) mass is 486 g/mol. The van der Waals surface area contributed by atoms with E-state index in [0.29, 0.717) is 36.4 Å². The van der Waals surface area contributed by atoms with E-state index in [2.05, 4.69) is 29.4 Å². The minimum absolute atomic E-state index is 0.0288. The molecule has 1 aliphatic rings. The highest BCUT2D eigenvalue weighted by Crippen LogP contribution is 2.30. The number of carbonyl (C=O) groups excluding carboxylic acids is 1. The average Bonchev–Trinajstić information content (AvgIpc) is 3.26. The minimum Gasteiger partial charge on any atom is -0.403 e. The number of hydrogen-bond acceptors (Lipinski definition) is 7. The fourth-order valence-corrected chi connectivity index (χ4v) is 6.37. The van der Waals surface area contributed by atoms with E-state index in [9.17, 15) is 13.2 Å². The summed E-state index contributed by atoms with van der Waals surface area (Å²) in [6, 6.07) is 13.5. The molecule has 0 radical (unpaired) electrons. The van der Waals surface area contributed by atoms with Crippen LogP contribution in [-0.2, 0) is 10.0 Å². The molecule has 2 aromatic carbocycles. The molecule has 0 bridgehead atoms. The first-order valence-electron chi connectivity index (χ1n) is 10.7. The van der Waals surface area contributed by atoms with Gasteiger partial charge in [0.2, 0.25) is 10.0 Å². The van der Waals surface area contributed by atoms with Crippen molar-refractivity contribution >= 4 is 33.7 Å². The van der Waals surface area contributed by atoms with Gasteiger partial charge in [0.1, 0.15) is 0 Å². The molecule has 33 heavy (non-hydrogen) atoms. The molecule has 3 aromatic rings. The molecular formula is C23H26N4O4S2. The topological polar surface area (TPSA) is 105 Å². The Balaban J connectivity index is 1.47. The summed E-state index contributed by atoms with van der Waals surface area (Å²) in [6.07, 6.45) is 2.97. The second kappa shape index (κ2) is 9.66. The van der Waals surface area contributed by atoms with E-state index in [0.717, 1.165) is 16.9 Å². The van der Waals surface area contributed by atoms with Crippen LogP contribution in [0.1, 0.15) is 30.6 Å². The SMILES string of the molecule is CSc1ccccc1-c1nnc(NC(=O)c2ccc(S(=O)(=O)N3CC(C)CC(C)C3)cc2)o1. The van der Waals surface area contributed by atoms with Gasteiger partial charge in [-0.1, -0.05) is 31.1 Å². The molecule has 1 saturated heterocycles. The summed E-state index contributed by atoms with van der Waals surface area (Å²) in [6.45, 7) is 5.14. The van der Waals surface area contributed by atoms with Gasteiger partial charge in [0.25, 0.3) is 11.8 Å². The maximum absolute atomic E-state index is 13.0. The number of benzene rings is 2. The molecular weight excluding hydrogens is 460 g/mol. The van der Waals surface area contributed by atoms with E-state index in [1.165, 1.54) is 28.6 Å². The third-order valence-corrected chi connectivity index (χ3v) is 8.21. The van der Waals surface area contributed by atoms with Crippen LogP contribution in [0.15, 0.2) is 62.7 Å². The number of aromatic nitrogens is 2. The van der Waals surface area contributed by atoms with Gasteiger partial charge >= 0.3 is 6.01 Å². The molecule has 4 rings (SSSR count). The first-order chi connectivity index (χ1) is 15.8. The molecule has 10 heteroatoms. The van der Waals surface area contributed by atoms with E-state index in [-0.39, 0.29) is 10.9 Å². The van der Waals surface area contributed by atoms with Crippen molar-refractivity contribution in [2.45, 2.75) is 30.1 Å². The van der Waals surface area contributed by atoms with Crippen molar-refractivity contribution in [3.63, 3.8) is 0 Å². The molecule has 174 valence electrons. The smallest absolute Gasteiger partial charge is 0.322 e. The lowest BCUT2D eigenvalue weighted by molar-refractivity contribution is 0.102. The van der Waals surface area contributed by atoms with Crippen molar-refractivity contribution < 1.29 is 17.6 Å². The average molecular weight is 487 g/mol. The number of nitrogens with one attached hydrogen (secondary N) is 1. The van der Waals surface area contributed by atoms with Crippen LogP contribution in [0.2, 0.25) is 0 Å². The largest absolute Gasteiger partial charge is 0.403 e. The van der Waals surface area contributed by atoms with Crippen molar-refractivity contribution in [3.8, 4) is 11.5 Å². The summed E-state index contributed by atoms with van der Waals surface area (Å²) >= 11 is 1.56. The number of sulfonamides is 1. The van der Waals surface area contributed by atoms with E-state index in [1.807, 2.05) is 30.5 Å². The molecule has 0 saturated carbocycles. The number of carbonyl (C=O) groups is 1. The van der Waals surface area contributed by atoms with Crippen LogP contribution in [0, 0.1) is 11.8 Å². The maximum Gasteiger partial charge on any atom is 0.322 e. The van der Waals surface area contributed by atoms with Gasteiger partial charge < -0.3 is 4.42 Å². The lowest BCUT2D eigenvalue weighted by Crippen LogP contribution is -2.42. The van der Waals surface area contributed by atoms with Crippen LogP contribution in [-0.4, -0.2) is 48.2 Å². The lowest BCUT2D eigenvalue weighted by atomic mass is 9.94. The van der Waals surface area contributed by atoms with Crippen LogP contribution in [0.3, 0.4) is 0 Å². The molecule has 2 heterocycles. The first-order valence-corrected chi connectivity index (χ1v) is 13.3. The highest BCUT2D eigenvalue weighted by molar-refractivity contribution is 7.98. The minimum atomic E-state index is -3.60. The lowest BCUT2D eigenvalue weighted by Gasteiger charge is -2.34. The Morgan fingerprint density at radius 3 is 2.39 bits per heavy atom. The molecule has 2 atom stereocenters. The van der Waals surface area contributed by atoms with E-state index >= 15 is 0 Å². The van der Waals surface area contributed by atoms with Crippen molar-refractivity contribution in [1.82, 2.24) is 14.5 Å². The summed E-state index contributed by atoms with van der Waals surface area (Å²) in [5, 5.41) is 10.5. The molecule has 0 aliphatic carbocycles. The molecule has 1 aliphatic heterocycles. The van der Waals surface area contributed by atoms with Gasteiger partial charge in [-0.05, 0) is 60.9 Å². The number of anilines is 1. The second-order valence-electron chi connectivity index (χ2n) is 8.36. The molecule has 8 nitrogen and oxygen atoms in total. The summed E-state index contributed by atoms with van der Waals surface area (Å²) in [5.74, 6) is 0.473. The van der Waals surface area contributed by atoms with E-state index in [4.69, 9.17) is 4.42 Å². The predicted molar refractivity (Wildman–Crippen MR) is 128 cm³/mol. The van der Waals surface area contributed by atoms with Gasteiger partial charge in [0, 0.05) is 23.5 Å². The van der Waals surface area contributed by atoms with Crippen molar-refractivity contribution in [3.05, 3.63) is 54.1 Å². The van der Waals surface area contributed by atoms with Crippen LogP contribution in [0.5, 0.6) is 0 Å². The van der Waals surface area contributed by atoms with E-state index < -0.39 is 15.9 Å². The predicted octanol–water partition coefficient (Wildman–Crippen LogP) is 4.38. The van der Waals surface area contributed by atoms with Crippen molar-refractivity contribution in [2.24, 2.45) is 11.8 Å². The molecule has 2 unspecified atom stereocenters. The van der Waals surface area contributed by atoms with Gasteiger partial charge in [-0.2, -0.15) is 4.31 Å². The third kappa shape index (κ3) is 5.13. The maximum atomic E-state index is 13.0. The Hall–Kier alpha value is -2.69. The van der Waals surface area contributed by atoms with Crippen LogP contribution in [0.25, 0.3) is 11.5 Å². The third-order valence-electron chi connectivity index (χ3n) is 5.57. The standard InChI is InChI=1S/C23H26N4O4S2/c1-15-12-16(2)14-27(13-15)33(29,30)18-10-8-17(9-11-18)21(28)24-23-26-25-22(31-23)19-6-4-5-7-20(19)32-3/h4-11,15-16H,12-14H2,1-3H3,(H,24,26,28). The van der Waals surface area contributed by atoms with Gasteiger partial charge in [0.15, 0.2) is 0 Å². The fraction of sp³-hybridized carbons (Fsp3) is 0.348. The molecule has 1 amide bonds. The Morgan fingerprint density at radius 2 is 1.73 bits per heavy atom. The number of hydrogen-bond donors (Lipinski definition) is 1. The molecule has 1 aromatic heterocycles. The Morgan fingerprint density at radius 1 is 1.06 bits per heavy atom. The van der Waals surface area contributed by atoms with Crippen molar-refractivity contribution in [2.75, 3.05) is 24.7 Å². The zero-order valence-corrected chi connectivity index (χ0v) is 20.3.